The van der Waals surface area contributed by atoms with Crippen molar-refractivity contribution in [3.05, 3.63) is 0 Å². The lowest BCUT2D eigenvalue weighted by atomic mass is 10.5. The summed E-state index contributed by atoms with van der Waals surface area (Å²) in [7, 11) is 1.62. The first-order chi connectivity index (χ1) is 4.91. The molecule has 10 heavy (non-hydrogen) atoms. The molecule has 0 saturated heterocycles. The van der Waals surface area contributed by atoms with Crippen LogP contribution >= 0.6 is 0 Å². The summed E-state index contributed by atoms with van der Waals surface area (Å²) in [6.07, 6.45) is 1.17. The van der Waals surface area contributed by atoms with Crippen molar-refractivity contribution in [1.82, 2.24) is 5.32 Å². The highest BCUT2D eigenvalue weighted by atomic mass is 16.7. The van der Waals surface area contributed by atoms with Crippen LogP contribution in [0.15, 0.2) is 0 Å². The SMILES string of the molecule is CCCNCCOCOC. The second-order valence-corrected chi connectivity index (χ2v) is 2.06. The van der Waals surface area contributed by atoms with Crippen molar-refractivity contribution in [1.29, 1.82) is 0 Å². The topological polar surface area (TPSA) is 30.5 Å². The van der Waals surface area contributed by atoms with E-state index in [1.165, 1.54) is 6.42 Å². The fourth-order valence-electron chi connectivity index (χ4n) is 0.588. The highest BCUT2D eigenvalue weighted by Gasteiger charge is 1.84. The third-order valence-electron chi connectivity index (χ3n) is 1.05. The predicted octanol–water partition coefficient (Wildman–Crippen LogP) is 0.606. The fourth-order valence-corrected chi connectivity index (χ4v) is 0.588. The van der Waals surface area contributed by atoms with Gasteiger partial charge in [0.1, 0.15) is 6.79 Å². The molecule has 0 fully saturated rings. The molecule has 0 aliphatic rings. The van der Waals surface area contributed by atoms with Gasteiger partial charge in [-0.1, -0.05) is 6.92 Å². The second kappa shape index (κ2) is 8.88. The van der Waals surface area contributed by atoms with E-state index in [-0.39, 0.29) is 0 Å². The zero-order chi connectivity index (χ0) is 7.66. The summed E-state index contributed by atoms with van der Waals surface area (Å²) in [4.78, 5) is 0. The van der Waals surface area contributed by atoms with Gasteiger partial charge in [-0.2, -0.15) is 0 Å². The van der Waals surface area contributed by atoms with Crippen molar-refractivity contribution in [3.8, 4) is 0 Å². The first-order valence-corrected chi connectivity index (χ1v) is 3.69. The molecule has 0 aromatic rings. The molecular weight excluding hydrogens is 130 g/mol. The van der Waals surface area contributed by atoms with Crippen LogP contribution in [0.5, 0.6) is 0 Å². The first-order valence-electron chi connectivity index (χ1n) is 3.69. The lowest BCUT2D eigenvalue weighted by molar-refractivity contribution is -0.0288. The van der Waals surface area contributed by atoms with Crippen LogP contribution < -0.4 is 5.32 Å². The molecule has 0 heterocycles. The molecule has 0 bridgehead atoms. The largest absolute Gasteiger partial charge is 0.359 e. The summed E-state index contributed by atoms with van der Waals surface area (Å²) in [5, 5.41) is 3.21. The number of nitrogens with one attached hydrogen (secondary N) is 1. The monoisotopic (exact) mass is 147 g/mol. The summed E-state index contributed by atoms with van der Waals surface area (Å²) < 4.78 is 9.74. The third-order valence-corrected chi connectivity index (χ3v) is 1.05. The smallest absolute Gasteiger partial charge is 0.146 e. The van der Waals surface area contributed by atoms with Gasteiger partial charge in [-0.05, 0) is 13.0 Å². The van der Waals surface area contributed by atoms with Crippen LogP contribution in [0.25, 0.3) is 0 Å². The number of methoxy groups -OCH3 is 1. The Bertz CT molecular complexity index is 51.6. The molecule has 0 unspecified atom stereocenters. The lowest BCUT2D eigenvalue weighted by Gasteiger charge is -2.02. The zero-order valence-electron chi connectivity index (χ0n) is 6.85. The van der Waals surface area contributed by atoms with E-state index >= 15 is 0 Å². The standard InChI is InChI=1S/C7H17NO2/c1-3-4-8-5-6-10-7-9-2/h8H,3-7H2,1-2H3. The molecule has 0 aromatic carbocycles. The molecule has 0 rings (SSSR count). The van der Waals surface area contributed by atoms with E-state index in [9.17, 15) is 0 Å². The minimum atomic E-state index is 0.397. The minimum Gasteiger partial charge on any atom is -0.359 e. The van der Waals surface area contributed by atoms with Crippen molar-refractivity contribution in [2.45, 2.75) is 13.3 Å². The fraction of sp³-hybridized carbons (Fsp3) is 1.00. The maximum absolute atomic E-state index is 5.04. The Morgan fingerprint density at radius 2 is 2.10 bits per heavy atom. The van der Waals surface area contributed by atoms with Gasteiger partial charge in [0.05, 0.1) is 6.61 Å². The Labute approximate surface area is 62.7 Å². The van der Waals surface area contributed by atoms with Crippen LogP contribution in [0.2, 0.25) is 0 Å². The molecule has 0 aliphatic heterocycles. The average molecular weight is 147 g/mol. The third kappa shape index (κ3) is 7.88. The van der Waals surface area contributed by atoms with Gasteiger partial charge >= 0.3 is 0 Å². The van der Waals surface area contributed by atoms with Crippen LogP contribution in [0.3, 0.4) is 0 Å². The predicted molar refractivity (Wildman–Crippen MR) is 41.0 cm³/mol. The number of hydrogen-bond donors (Lipinski definition) is 1. The molecule has 3 nitrogen and oxygen atoms in total. The van der Waals surface area contributed by atoms with Crippen LogP contribution in [-0.2, 0) is 9.47 Å². The molecule has 0 spiro atoms. The normalized spacial score (nSPS) is 10.2. The van der Waals surface area contributed by atoms with Crippen molar-refractivity contribution in [2.75, 3.05) is 33.6 Å². The summed E-state index contributed by atoms with van der Waals surface area (Å²) in [5.74, 6) is 0. The van der Waals surface area contributed by atoms with E-state index in [0.29, 0.717) is 6.79 Å². The van der Waals surface area contributed by atoms with Crippen molar-refractivity contribution in [3.63, 3.8) is 0 Å². The molecule has 0 radical (unpaired) electrons. The number of hydrogen-bond acceptors (Lipinski definition) is 3. The zero-order valence-corrected chi connectivity index (χ0v) is 6.85. The van der Waals surface area contributed by atoms with Gasteiger partial charge in [0.2, 0.25) is 0 Å². The maximum Gasteiger partial charge on any atom is 0.146 e. The van der Waals surface area contributed by atoms with Crippen LogP contribution in [0.1, 0.15) is 13.3 Å². The highest BCUT2D eigenvalue weighted by molar-refractivity contribution is 4.41. The molecule has 0 atom stereocenters. The van der Waals surface area contributed by atoms with Crippen LogP contribution in [-0.4, -0.2) is 33.6 Å². The molecule has 0 saturated carbocycles. The molecular formula is C7H17NO2. The van der Waals surface area contributed by atoms with E-state index in [4.69, 9.17) is 9.47 Å². The van der Waals surface area contributed by atoms with Crippen LogP contribution in [0.4, 0.5) is 0 Å². The molecule has 0 amide bonds. The van der Waals surface area contributed by atoms with E-state index in [0.717, 1.165) is 19.7 Å². The van der Waals surface area contributed by atoms with Crippen molar-refractivity contribution < 1.29 is 9.47 Å². The first kappa shape index (κ1) is 9.88. The summed E-state index contributed by atoms with van der Waals surface area (Å²) in [6.45, 7) is 5.25. The van der Waals surface area contributed by atoms with E-state index < -0.39 is 0 Å². The Kier molecular flexibility index (Phi) is 8.77. The van der Waals surface area contributed by atoms with Gasteiger partial charge in [0.15, 0.2) is 0 Å². The van der Waals surface area contributed by atoms with E-state index in [1.54, 1.807) is 7.11 Å². The summed E-state index contributed by atoms with van der Waals surface area (Å²) in [5.41, 5.74) is 0. The van der Waals surface area contributed by atoms with Gasteiger partial charge in [-0.15, -0.1) is 0 Å². The summed E-state index contributed by atoms with van der Waals surface area (Å²) >= 11 is 0. The van der Waals surface area contributed by atoms with E-state index in [2.05, 4.69) is 12.2 Å². The number of ether oxygens (including phenoxy) is 2. The van der Waals surface area contributed by atoms with E-state index in [1.807, 2.05) is 0 Å². The Hall–Kier alpha value is -0.120. The molecule has 0 aromatic heterocycles. The molecule has 0 aliphatic carbocycles. The quantitative estimate of drug-likeness (QED) is 0.422. The highest BCUT2D eigenvalue weighted by Crippen LogP contribution is 1.74. The second-order valence-electron chi connectivity index (χ2n) is 2.06. The minimum absolute atomic E-state index is 0.397. The van der Waals surface area contributed by atoms with Crippen molar-refractivity contribution in [2.24, 2.45) is 0 Å². The summed E-state index contributed by atoms with van der Waals surface area (Å²) in [6, 6.07) is 0. The van der Waals surface area contributed by atoms with Gasteiger partial charge in [-0.3, -0.25) is 0 Å². The molecule has 3 heteroatoms. The van der Waals surface area contributed by atoms with Gasteiger partial charge in [-0.25, -0.2) is 0 Å². The Balaban J connectivity index is 2.65. The lowest BCUT2D eigenvalue weighted by Crippen LogP contribution is -2.20. The van der Waals surface area contributed by atoms with Crippen molar-refractivity contribution >= 4 is 0 Å². The number of rotatable bonds is 7. The molecule has 1 N–H and O–H groups in total. The van der Waals surface area contributed by atoms with Crippen LogP contribution in [0, 0.1) is 0 Å². The Morgan fingerprint density at radius 3 is 2.70 bits per heavy atom. The maximum atomic E-state index is 5.04. The van der Waals surface area contributed by atoms with Gasteiger partial charge < -0.3 is 14.8 Å². The Morgan fingerprint density at radius 1 is 1.30 bits per heavy atom. The molecule has 62 valence electrons. The van der Waals surface area contributed by atoms with Gasteiger partial charge in [0.25, 0.3) is 0 Å². The average Bonchev–Trinajstić information content (AvgIpc) is 1.97. The van der Waals surface area contributed by atoms with Gasteiger partial charge in [0, 0.05) is 13.7 Å².